The number of nitrogens with zero attached hydrogens (tertiary/aromatic N) is 3. The van der Waals surface area contributed by atoms with Crippen molar-refractivity contribution in [3.8, 4) is 6.07 Å². The highest BCUT2D eigenvalue weighted by Gasteiger charge is 2.29. The summed E-state index contributed by atoms with van der Waals surface area (Å²) >= 11 is 1.09. The number of hydrogen-bond donors (Lipinski definition) is 1. The Kier molecular flexibility index (Phi) is 2.87. The molecule has 2 aromatic rings. The maximum atomic E-state index is 13.8. The SMILES string of the molecule is N#Cc1ccc(Sc2n[nH]c(=O)n2C2CC2)c(F)c1. The lowest BCUT2D eigenvalue weighted by Crippen LogP contribution is -2.16. The van der Waals surface area contributed by atoms with Gasteiger partial charge in [0.05, 0.1) is 16.5 Å². The molecule has 1 N–H and O–H groups in total. The summed E-state index contributed by atoms with van der Waals surface area (Å²) in [4.78, 5) is 11.9. The lowest BCUT2D eigenvalue weighted by molar-refractivity contribution is 0.599. The molecule has 0 radical (unpaired) electrons. The average molecular weight is 276 g/mol. The number of halogens is 1. The fourth-order valence-corrected chi connectivity index (χ4v) is 2.68. The van der Waals surface area contributed by atoms with Gasteiger partial charge in [-0.15, -0.1) is 5.10 Å². The molecular formula is C12H9FN4OS. The minimum absolute atomic E-state index is 0.176. The molecule has 5 nitrogen and oxygen atoms in total. The molecule has 19 heavy (non-hydrogen) atoms. The second-order valence-corrected chi connectivity index (χ2v) is 5.28. The number of hydrogen-bond acceptors (Lipinski definition) is 4. The van der Waals surface area contributed by atoms with E-state index >= 15 is 0 Å². The Morgan fingerprint density at radius 3 is 2.95 bits per heavy atom. The zero-order valence-corrected chi connectivity index (χ0v) is 10.6. The highest BCUT2D eigenvalue weighted by Crippen LogP contribution is 2.38. The van der Waals surface area contributed by atoms with Gasteiger partial charge in [-0.2, -0.15) is 5.26 Å². The first-order chi connectivity index (χ1) is 9.19. The van der Waals surface area contributed by atoms with Crippen LogP contribution in [0.15, 0.2) is 33.0 Å². The van der Waals surface area contributed by atoms with Gasteiger partial charge in [-0.1, -0.05) is 0 Å². The van der Waals surface area contributed by atoms with Crippen LogP contribution in [0, 0.1) is 17.1 Å². The van der Waals surface area contributed by atoms with Crippen molar-refractivity contribution in [1.29, 1.82) is 5.26 Å². The second-order valence-electron chi connectivity index (χ2n) is 4.27. The standard InChI is InChI=1S/C12H9FN4OS/c13-9-5-7(6-14)1-4-10(9)19-12-16-15-11(18)17(12)8-2-3-8/h1,4-5,8H,2-3H2,(H,15,18). The molecule has 1 aromatic heterocycles. The second kappa shape index (κ2) is 4.55. The third-order valence-electron chi connectivity index (χ3n) is 2.85. The van der Waals surface area contributed by atoms with Gasteiger partial charge in [-0.3, -0.25) is 4.57 Å². The molecule has 3 rings (SSSR count). The molecular weight excluding hydrogens is 267 g/mol. The summed E-state index contributed by atoms with van der Waals surface area (Å²) in [5.41, 5.74) is 0.00233. The number of H-pyrrole nitrogens is 1. The topological polar surface area (TPSA) is 74.5 Å². The van der Waals surface area contributed by atoms with Crippen molar-refractivity contribution in [3.63, 3.8) is 0 Å². The summed E-state index contributed by atoms with van der Waals surface area (Å²) in [6.45, 7) is 0. The zero-order valence-electron chi connectivity index (χ0n) is 9.76. The monoisotopic (exact) mass is 276 g/mol. The van der Waals surface area contributed by atoms with Gasteiger partial charge >= 0.3 is 5.69 Å². The number of benzene rings is 1. The van der Waals surface area contributed by atoms with E-state index in [9.17, 15) is 9.18 Å². The highest BCUT2D eigenvalue weighted by molar-refractivity contribution is 7.99. The van der Waals surface area contributed by atoms with Crippen molar-refractivity contribution in [1.82, 2.24) is 14.8 Å². The first kappa shape index (κ1) is 12.0. The minimum atomic E-state index is -0.484. The zero-order chi connectivity index (χ0) is 13.4. The molecule has 0 unspecified atom stereocenters. The Labute approximate surface area is 112 Å². The van der Waals surface area contributed by atoms with Crippen LogP contribution < -0.4 is 5.69 Å². The van der Waals surface area contributed by atoms with Gasteiger partial charge in [0.1, 0.15) is 5.82 Å². The lowest BCUT2D eigenvalue weighted by Gasteiger charge is -2.04. The van der Waals surface area contributed by atoms with E-state index < -0.39 is 5.82 Å². The summed E-state index contributed by atoms with van der Waals surface area (Å²) in [6.07, 6.45) is 1.89. The molecule has 1 aliphatic rings. The van der Waals surface area contributed by atoms with Crippen LogP contribution in [0.5, 0.6) is 0 Å². The summed E-state index contributed by atoms with van der Waals surface area (Å²) in [5, 5.41) is 15.4. The largest absolute Gasteiger partial charge is 0.344 e. The van der Waals surface area contributed by atoms with Crippen LogP contribution in [-0.2, 0) is 0 Å². The number of rotatable bonds is 3. The Morgan fingerprint density at radius 1 is 1.53 bits per heavy atom. The Bertz CT molecular complexity index is 726. The molecule has 0 aliphatic heterocycles. The van der Waals surface area contributed by atoms with Crippen LogP contribution in [0.1, 0.15) is 24.4 Å². The summed E-state index contributed by atoms with van der Waals surface area (Å²) < 4.78 is 15.3. The quantitative estimate of drug-likeness (QED) is 0.931. The van der Waals surface area contributed by atoms with Gasteiger partial charge in [-0.05, 0) is 42.8 Å². The molecule has 1 aromatic carbocycles. The number of nitriles is 1. The van der Waals surface area contributed by atoms with Crippen molar-refractivity contribution in [2.75, 3.05) is 0 Å². The van der Waals surface area contributed by atoms with Gasteiger partial charge in [0.15, 0.2) is 5.16 Å². The predicted octanol–water partition coefficient (Wildman–Crippen LogP) is 2.07. The van der Waals surface area contributed by atoms with Gasteiger partial charge in [0.25, 0.3) is 0 Å². The van der Waals surface area contributed by atoms with Crippen LogP contribution in [0.25, 0.3) is 0 Å². The van der Waals surface area contributed by atoms with E-state index in [4.69, 9.17) is 5.26 Å². The maximum absolute atomic E-state index is 13.8. The first-order valence-electron chi connectivity index (χ1n) is 5.73. The molecule has 1 fully saturated rings. The Morgan fingerprint density at radius 2 is 2.32 bits per heavy atom. The first-order valence-corrected chi connectivity index (χ1v) is 6.55. The van der Waals surface area contributed by atoms with Gasteiger partial charge < -0.3 is 0 Å². The van der Waals surface area contributed by atoms with E-state index in [1.54, 1.807) is 4.57 Å². The highest BCUT2D eigenvalue weighted by atomic mass is 32.2. The molecule has 7 heteroatoms. The molecule has 96 valence electrons. The normalized spacial score (nSPS) is 14.3. The maximum Gasteiger partial charge on any atom is 0.344 e. The van der Waals surface area contributed by atoms with Crippen LogP contribution in [0.4, 0.5) is 4.39 Å². The average Bonchev–Trinajstić information content (AvgIpc) is 3.17. The van der Waals surface area contributed by atoms with Crippen molar-refractivity contribution < 1.29 is 4.39 Å². The molecule has 1 saturated carbocycles. The number of aromatic nitrogens is 3. The molecule has 0 saturated heterocycles. The van der Waals surface area contributed by atoms with Gasteiger partial charge in [-0.25, -0.2) is 14.3 Å². The molecule has 0 amide bonds. The smallest absolute Gasteiger partial charge is 0.267 e. The molecule has 0 spiro atoms. The number of aromatic amines is 1. The Hall–Kier alpha value is -2.07. The van der Waals surface area contributed by atoms with Crippen LogP contribution in [0.2, 0.25) is 0 Å². The van der Waals surface area contributed by atoms with E-state index in [1.807, 2.05) is 6.07 Å². The summed E-state index contributed by atoms with van der Waals surface area (Å²) in [7, 11) is 0. The van der Waals surface area contributed by atoms with Crippen molar-refractivity contribution in [2.45, 2.75) is 28.9 Å². The van der Waals surface area contributed by atoms with Crippen molar-refractivity contribution >= 4 is 11.8 Å². The molecule has 0 atom stereocenters. The fraction of sp³-hybridized carbons (Fsp3) is 0.250. The van der Waals surface area contributed by atoms with E-state index in [-0.39, 0.29) is 17.3 Å². The van der Waals surface area contributed by atoms with Gasteiger partial charge in [0, 0.05) is 6.04 Å². The van der Waals surface area contributed by atoms with Crippen molar-refractivity contribution in [2.24, 2.45) is 0 Å². The molecule has 0 bridgehead atoms. The third kappa shape index (κ3) is 2.27. The Balaban J connectivity index is 1.94. The summed E-state index contributed by atoms with van der Waals surface area (Å²) in [6, 6.07) is 6.29. The van der Waals surface area contributed by atoms with E-state index in [0.717, 1.165) is 24.6 Å². The van der Waals surface area contributed by atoms with Crippen LogP contribution in [0.3, 0.4) is 0 Å². The van der Waals surface area contributed by atoms with Crippen LogP contribution >= 0.6 is 11.8 Å². The van der Waals surface area contributed by atoms with Crippen LogP contribution in [-0.4, -0.2) is 14.8 Å². The van der Waals surface area contributed by atoms with Crippen molar-refractivity contribution in [3.05, 3.63) is 40.1 Å². The third-order valence-corrected chi connectivity index (χ3v) is 3.87. The molecule has 1 aliphatic carbocycles. The van der Waals surface area contributed by atoms with Gasteiger partial charge in [0.2, 0.25) is 0 Å². The molecule has 1 heterocycles. The summed E-state index contributed by atoms with van der Waals surface area (Å²) in [5.74, 6) is -0.484. The predicted molar refractivity (Wildman–Crippen MR) is 66.4 cm³/mol. The van der Waals surface area contributed by atoms with E-state index in [1.165, 1.54) is 18.2 Å². The fourth-order valence-electron chi connectivity index (χ4n) is 1.77. The van der Waals surface area contributed by atoms with E-state index in [0.29, 0.717) is 10.1 Å². The lowest BCUT2D eigenvalue weighted by atomic mass is 10.2. The number of nitrogens with one attached hydrogen (secondary N) is 1. The van der Waals surface area contributed by atoms with E-state index in [2.05, 4.69) is 10.2 Å². The minimum Gasteiger partial charge on any atom is -0.267 e.